The molecule has 0 fully saturated rings. The number of fused-ring (bicyclic) bond motifs is 1. The standard InChI is InChI=1S/C18H22N6O2/c1-25-14-9-8-13(12-15(14)26-2)21-18(19)20-10-5-7-17-23-22-16-6-3-4-11-24(16)17/h3-4,6,8-9,11-12H,5,7,10H2,1-2H3,(H3,19,20,21). The Bertz CT molecular complexity index is 906. The second-order valence-corrected chi connectivity index (χ2v) is 5.61. The van der Waals surface area contributed by atoms with Crippen molar-refractivity contribution in [3.05, 3.63) is 48.4 Å². The van der Waals surface area contributed by atoms with Gasteiger partial charge in [0.1, 0.15) is 5.82 Å². The first-order chi connectivity index (χ1) is 12.7. The van der Waals surface area contributed by atoms with Crippen LogP contribution in [0.15, 0.2) is 47.6 Å². The summed E-state index contributed by atoms with van der Waals surface area (Å²) in [6.45, 7) is 0.591. The zero-order chi connectivity index (χ0) is 18.4. The third-order valence-electron chi connectivity index (χ3n) is 3.88. The van der Waals surface area contributed by atoms with Crippen LogP contribution in [0.2, 0.25) is 0 Å². The SMILES string of the molecule is COc1ccc(NC(N)=NCCCc2nnc3ccccn23)cc1OC. The summed E-state index contributed by atoms with van der Waals surface area (Å²) in [7, 11) is 3.19. The Hall–Kier alpha value is -3.29. The lowest BCUT2D eigenvalue weighted by Gasteiger charge is -2.10. The number of ether oxygens (including phenoxy) is 2. The molecular formula is C18H22N6O2. The lowest BCUT2D eigenvalue weighted by molar-refractivity contribution is 0.355. The van der Waals surface area contributed by atoms with Crippen molar-refractivity contribution < 1.29 is 9.47 Å². The highest BCUT2D eigenvalue weighted by molar-refractivity contribution is 5.92. The van der Waals surface area contributed by atoms with Crippen LogP contribution in [0.4, 0.5) is 5.69 Å². The van der Waals surface area contributed by atoms with Crippen molar-refractivity contribution in [2.45, 2.75) is 12.8 Å². The third-order valence-corrected chi connectivity index (χ3v) is 3.88. The molecule has 0 atom stereocenters. The minimum atomic E-state index is 0.350. The fraction of sp³-hybridized carbons (Fsp3) is 0.278. The van der Waals surface area contributed by atoms with E-state index < -0.39 is 0 Å². The number of guanidine groups is 1. The molecule has 0 saturated heterocycles. The van der Waals surface area contributed by atoms with E-state index in [4.69, 9.17) is 15.2 Å². The molecule has 136 valence electrons. The number of benzene rings is 1. The van der Waals surface area contributed by atoms with E-state index >= 15 is 0 Å². The first kappa shape index (κ1) is 17.5. The topological polar surface area (TPSA) is 99.1 Å². The molecule has 3 rings (SSSR count). The molecule has 8 heteroatoms. The number of hydrogen-bond acceptors (Lipinski definition) is 5. The third kappa shape index (κ3) is 4.02. The van der Waals surface area contributed by atoms with Gasteiger partial charge < -0.3 is 20.5 Å². The van der Waals surface area contributed by atoms with Crippen LogP contribution in [-0.4, -0.2) is 41.3 Å². The number of nitrogens with two attached hydrogens (primary N) is 1. The van der Waals surface area contributed by atoms with Crippen LogP contribution in [0.1, 0.15) is 12.2 Å². The number of hydrogen-bond donors (Lipinski definition) is 2. The monoisotopic (exact) mass is 354 g/mol. The number of nitrogens with one attached hydrogen (secondary N) is 1. The van der Waals surface area contributed by atoms with Crippen LogP contribution in [0.25, 0.3) is 5.65 Å². The smallest absolute Gasteiger partial charge is 0.193 e. The maximum Gasteiger partial charge on any atom is 0.193 e. The van der Waals surface area contributed by atoms with Crippen molar-refractivity contribution in [3.8, 4) is 11.5 Å². The molecule has 0 spiro atoms. The number of aromatic nitrogens is 3. The Morgan fingerprint density at radius 1 is 1.15 bits per heavy atom. The number of aryl methyl sites for hydroxylation is 1. The van der Waals surface area contributed by atoms with Gasteiger partial charge in [-0.05, 0) is 30.7 Å². The number of pyridine rings is 1. The van der Waals surface area contributed by atoms with Crippen molar-refractivity contribution >= 4 is 17.3 Å². The van der Waals surface area contributed by atoms with Crippen LogP contribution in [0.3, 0.4) is 0 Å². The molecular weight excluding hydrogens is 332 g/mol. The molecule has 3 aromatic rings. The van der Waals surface area contributed by atoms with Crippen LogP contribution in [0.5, 0.6) is 11.5 Å². The second-order valence-electron chi connectivity index (χ2n) is 5.61. The van der Waals surface area contributed by atoms with Gasteiger partial charge in [0, 0.05) is 30.9 Å². The van der Waals surface area contributed by atoms with Crippen LogP contribution >= 0.6 is 0 Å². The fourth-order valence-corrected chi connectivity index (χ4v) is 2.60. The quantitative estimate of drug-likeness (QED) is 0.383. The number of methoxy groups -OCH3 is 2. The first-order valence-electron chi connectivity index (χ1n) is 8.29. The summed E-state index contributed by atoms with van der Waals surface area (Å²) in [6, 6.07) is 11.3. The Labute approximate surface area is 151 Å². The number of nitrogens with zero attached hydrogens (tertiary/aromatic N) is 4. The van der Waals surface area contributed by atoms with Gasteiger partial charge in [0.25, 0.3) is 0 Å². The molecule has 8 nitrogen and oxygen atoms in total. The van der Waals surface area contributed by atoms with Crippen LogP contribution < -0.4 is 20.5 Å². The Balaban J connectivity index is 1.54. The summed E-state index contributed by atoms with van der Waals surface area (Å²) in [4.78, 5) is 4.35. The van der Waals surface area contributed by atoms with Crippen molar-refractivity contribution in [2.75, 3.05) is 26.1 Å². The molecule has 2 aromatic heterocycles. The van der Waals surface area contributed by atoms with E-state index in [1.165, 1.54) is 0 Å². The average molecular weight is 354 g/mol. The first-order valence-corrected chi connectivity index (χ1v) is 8.29. The summed E-state index contributed by atoms with van der Waals surface area (Å²) in [6.07, 6.45) is 3.56. The highest BCUT2D eigenvalue weighted by Gasteiger charge is 2.06. The Kier molecular flexibility index (Phi) is 5.52. The van der Waals surface area contributed by atoms with E-state index in [2.05, 4.69) is 20.5 Å². The van der Waals surface area contributed by atoms with Gasteiger partial charge in [-0.25, -0.2) is 0 Å². The van der Waals surface area contributed by atoms with Crippen molar-refractivity contribution in [1.29, 1.82) is 0 Å². The van der Waals surface area contributed by atoms with Crippen molar-refractivity contribution in [2.24, 2.45) is 10.7 Å². The lowest BCUT2D eigenvalue weighted by atomic mass is 10.2. The zero-order valence-electron chi connectivity index (χ0n) is 14.8. The highest BCUT2D eigenvalue weighted by atomic mass is 16.5. The van der Waals surface area contributed by atoms with Gasteiger partial charge in [0.15, 0.2) is 23.1 Å². The van der Waals surface area contributed by atoms with Crippen molar-refractivity contribution in [1.82, 2.24) is 14.6 Å². The van der Waals surface area contributed by atoms with Gasteiger partial charge in [-0.15, -0.1) is 10.2 Å². The minimum Gasteiger partial charge on any atom is -0.493 e. The van der Waals surface area contributed by atoms with E-state index in [1.54, 1.807) is 14.2 Å². The minimum absolute atomic E-state index is 0.350. The van der Waals surface area contributed by atoms with Gasteiger partial charge in [-0.3, -0.25) is 9.39 Å². The normalized spacial score (nSPS) is 11.5. The Morgan fingerprint density at radius 3 is 2.81 bits per heavy atom. The van der Waals surface area contributed by atoms with Gasteiger partial charge in [0.05, 0.1) is 14.2 Å². The molecule has 0 aliphatic heterocycles. The molecule has 0 aliphatic rings. The molecule has 26 heavy (non-hydrogen) atoms. The summed E-state index contributed by atoms with van der Waals surface area (Å²) in [5.74, 6) is 2.56. The Morgan fingerprint density at radius 2 is 2.00 bits per heavy atom. The molecule has 0 aliphatic carbocycles. The summed E-state index contributed by atoms with van der Waals surface area (Å²) in [5, 5.41) is 11.4. The van der Waals surface area contributed by atoms with Crippen molar-refractivity contribution in [3.63, 3.8) is 0 Å². The molecule has 0 amide bonds. The van der Waals surface area contributed by atoms with E-state index in [9.17, 15) is 0 Å². The maximum absolute atomic E-state index is 5.95. The predicted molar refractivity (Wildman–Crippen MR) is 101 cm³/mol. The fourth-order valence-electron chi connectivity index (χ4n) is 2.60. The van der Waals surface area contributed by atoms with E-state index in [0.29, 0.717) is 24.0 Å². The summed E-state index contributed by atoms with van der Waals surface area (Å²) in [5.41, 5.74) is 7.58. The molecule has 1 aromatic carbocycles. The summed E-state index contributed by atoms with van der Waals surface area (Å²) >= 11 is 0. The van der Waals surface area contributed by atoms with E-state index in [-0.39, 0.29) is 0 Å². The zero-order valence-corrected chi connectivity index (χ0v) is 14.8. The maximum atomic E-state index is 5.95. The van der Waals surface area contributed by atoms with Gasteiger partial charge in [-0.1, -0.05) is 6.07 Å². The molecule has 0 radical (unpaired) electrons. The largest absolute Gasteiger partial charge is 0.493 e. The molecule has 3 N–H and O–H groups in total. The molecule has 2 heterocycles. The van der Waals surface area contributed by atoms with Gasteiger partial charge >= 0.3 is 0 Å². The van der Waals surface area contributed by atoms with E-state index in [0.717, 1.165) is 30.0 Å². The molecule has 0 saturated carbocycles. The lowest BCUT2D eigenvalue weighted by Crippen LogP contribution is -2.23. The summed E-state index contributed by atoms with van der Waals surface area (Å²) < 4.78 is 12.5. The molecule has 0 unspecified atom stereocenters. The average Bonchev–Trinajstić information content (AvgIpc) is 3.08. The number of rotatable bonds is 7. The number of anilines is 1. The molecule has 0 bridgehead atoms. The van der Waals surface area contributed by atoms with Crippen LogP contribution in [0, 0.1) is 0 Å². The number of aliphatic imine (C=N–C) groups is 1. The highest BCUT2D eigenvalue weighted by Crippen LogP contribution is 2.29. The predicted octanol–water partition coefficient (Wildman–Crippen LogP) is 2.11. The van der Waals surface area contributed by atoms with Gasteiger partial charge in [-0.2, -0.15) is 0 Å². The van der Waals surface area contributed by atoms with Crippen LogP contribution in [-0.2, 0) is 6.42 Å². The van der Waals surface area contributed by atoms with E-state index in [1.807, 2.05) is 47.0 Å². The second kappa shape index (κ2) is 8.19. The van der Waals surface area contributed by atoms with Gasteiger partial charge in [0.2, 0.25) is 0 Å².